The van der Waals surface area contributed by atoms with Crippen molar-refractivity contribution < 1.29 is 14.7 Å². The average molecular weight is 270 g/mol. The molecule has 5 heteroatoms. The van der Waals surface area contributed by atoms with Gasteiger partial charge in [0.05, 0.1) is 12.5 Å². The molecule has 1 saturated carbocycles. The Hall–Kier alpha value is -1.10. The summed E-state index contributed by atoms with van der Waals surface area (Å²) in [5.41, 5.74) is 0. The molecular weight excluding hydrogens is 244 g/mol. The molecule has 0 saturated heterocycles. The summed E-state index contributed by atoms with van der Waals surface area (Å²) < 4.78 is 0. The van der Waals surface area contributed by atoms with E-state index in [4.69, 9.17) is 5.11 Å². The first-order valence-electron chi connectivity index (χ1n) is 7.09. The number of carbonyl (C=O) groups excluding carboxylic acids is 1. The monoisotopic (exact) mass is 270 g/mol. The maximum Gasteiger partial charge on any atom is 0.307 e. The highest BCUT2D eigenvalue weighted by atomic mass is 16.4. The fourth-order valence-corrected chi connectivity index (χ4v) is 2.53. The number of nitrogens with zero attached hydrogens (tertiary/aromatic N) is 1. The van der Waals surface area contributed by atoms with Crippen molar-refractivity contribution in [3.05, 3.63) is 0 Å². The maximum absolute atomic E-state index is 11.9. The van der Waals surface area contributed by atoms with Crippen LogP contribution in [-0.4, -0.2) is 48.1 Å². The average Bonchev–Trinajstić information content (AvgIpc) is 2.31. The Bertz CT molecular complexity index is 312. The number of hydrogen-bond acceptors (Lipinski definition) is 3. The van der Waals surface area contributed by atoms with Crippen LogP contribution < -0.4 is 5.32 Å². The smallest absolute Gasteiger partial charge is 0.307 e. The van der Waals surface area contributed by atoms with Crippen LogP contribution in [-0.2, 0) is 9.59 Å². The fourth-order valence-electron chi connectivity index (χ4n) is 2.53. The van der Waals surface area contributed by atoms with Gasteiger partial charge in [0.15, 0.2) is 0 Å². The van der Waals surface area contributed by atoms with Crippen molar-refractivity contribution in [3.8, 4) is 0 Å². The van der Waals surface area contributed by atoms with Gasteiger partial charge >= 0.3 is 5.97 Å². The Morgan fingerprint density at radius 3 is 2.42 bits per heavy atom. The summed E-state index contributed by atoms with van der Waals surface area (Å²) in [5.74, 6) is -0.506. The van der Waals surface area contributed by atoms with Gasteiger partial charge in [-0.05, 0) is 38.6 Å². The molecule has 0 aromatic heterocycles. The van der Waals surface area contributed by atoms with Crippen LogP contribution in [0.15, 0.2) is 0 Å². The third-order valence-electron chi connectivity index (χ3n) is 3.80. The number of likely N-dealkylation sites (N-methyl/N-ethyl adjacent to an activating group) is 1. The van der Waals surface area contributed by atoms with Crippen molar-refractivity contribution >= 4 is 11.9 Å². The molecular formula is C14H26N2O3. The van der Waals surface area contributed by atoms with Crippen LogP contribution in [0.5, 0.6) is 0 Å². The van der Waals surface area contributed by atoms with Crippen molar-refractivity contribution in [3.63, 3.8) is 0 Å². The third kappa shape index (κ3) is 6.05. The minimum absolute atomic E-state index is 0.000332. The van der Waals surface area contributed by atoms with E-state index in [1.807, 2.05) is 0 Å². The minimum Gasteiger partial charge on any atom is -0.481 e. The van der Waals surface area contributed by atoms with Crippen LogP contribution >= 0.6 is 0 Å². The lowest BCUT2D eigenvalue weighted by Crippen LogP contribution is -2.43. The molecule has 0 heterocycles. The van der Waals surface area contributed by atoms with E-state index in [1.54, 1.807) is 18.9 Å². The normalized spacial score (nSPS) is 25.1. The van der Waals surface area contributed by atoms with Gasteiger partial charge in [-0.25, -0.2) is 0 Å². The van der Waals surface area contributed by atoms with Gasteiger partial charge in [0.2, 0.25) is 5.91 Å². The predicted molar refractivity (Wildman–Crippen MR) is 73.9 cm³/mol. The molecule has 0 aromatic rings. The van der Waals surface area contributed by atoms with Crippen molar-refractivity contribution in [1.29, 1.82) is 0 Å². The van der Waals surface area contributed by atoms with E-state index in [2.05, 4.69) is 12.2 Å². The van der Waals surface area contributed by atoms with Crippen LogP contribution in [0.2, 0.25) is 0 Å². The number of aliphatic carboxylic acids is 1. The van der Waals surface area contributed by atoms with Crippen LogP contribution in [0.4, 0.5) is 0 Å². The molecule has 0 spiro atoms. The Kier molecular flexibility index (Phi) is 6.28. The van der Waals surface area contributed by atoms with Gasteiger partial charge in [0.25, 0.3) is 0 Å². The van der Waals surface area contributed by atoms with Crippen molar-refractivity contribution in [1.82, 2.24) is 10.2 Å². The molecule has 1 unspecified atom stereocenters. The maximum atomic E-state index is 11.9. The summed E-state index contributed by atoms with van der Waals surface area (Å²) in [6.45, 7) is 4.56. The third-order valence-corrected chi connectivity index (χ3v) is 3.80. The first-order valence-corrected chi connectivity index (χ1v) is 7.09. The largest absolute Gasteiger partial charge is 0.481 e. The lowest BCUT2D eigenvalue weighted by atomic mass is 9.87. The summed E-state index contributed by atoms with van der Waals surface area (Å²) in [6.07, 6.45) is 4.47. The van der Waals surface area contributed by atoms with E-state index in [1.165, 1.54) is 12.8 Å². The molecule has 1 rings (SSSR count). The lowest BCUT2D eigenvalue weighted by molar-refractivity contribution is -0.142. The van der Waals surface area contributed by atoms with E-state index in [9.17, 15) is 9.59 Å². The first-order chi connectivity index (χ1) is 8.88. The highest BCUT2D eigenvalue weighted by Crippen LogP contribution is 2.23. The molecule has 1 atom stereocenters. The summed E-state index contributed by atoms with van der Waals surface area (Å²) in [7, 11) is 1.78. The van der Waals surface area contributed by atoms with Crippen LogP contribution in [0.1, 0.15) is 39.5 Å². The molecule has 19 heavy (non-hydrogen) atoms. The Morgan fingerprint density at radius 2 is 1.89 bits per heavy atom. The molecule has 0 radical (unpaired) electrons. The zero-order valence-electron chi connectivity index (χ0n) is 12.2. The molecule has 0 aliphatic heterocycles. The number of hydrogen-bond donors (Lipinski definition) is 2. The van der Waals surface area contributed by atoms with Crippen LogP contribution in [0, 0.1) is 11.8 Å². The van der Waals surface area contributed by atoms with E-state index in [0.717, 1.165) is 18.8 Å². The number of carboxylic acid groups (broad SMARTS) is 1. The quantitative estimate of drug-likeness (QED) is 0.764. The van der Waals surface area contributed by atoms with Gasteiger partial charge in [-0.2, -0.15) is 0 Å². The van der Waals surface area contributed by atoms with Crippen LogP contribution in [0.3, 0.4) is 0 Å². The van der Waals surface area contributed by atoms with Gasteiger partial charge in [-0.1, -0.05) is 13.8 Å². The Morgan fingerprint density at radius 1 is 1.32 bits per heavy atom. The fraction of sp³-hybridized carbons (Fsp3) is 0.857. The summed E-state index contributed by atoms with van der Waals surface area (Å²) in [4.78, 5) is 24.4. The highest BCUT2D eigenvalue weighted by molar-refractivity contribution is 5.78. The number of carbonyl (C=O) groups is 2. The zero-order chi connectivity index (χ0) is 14.4. The van der Waals surface area contributed by atoms with Crippen LogP contribution in [0.25, 0.3) is 0 Å². The zero-order valence-corrected chi connectivity index (χ0v) is 12.2. The SMILES string of the molecule is CC1CCC(NC(=O)CN(C)CC(C)C(=O)O)CC1. The molecule has 110 valence electrons. The van der Waals surface area contributed by atoms with E-state index in [0.29, 0.717) is 12.6 Å². The number of nitrogens with one attached hydrogen (secondary N) is 1. The van der Waals surface area contributed by atoms with Gasteiger partial charge in [0, 0.05) is 12.6 Å². The first kappa shape index (κ1) is 16.0. The number of carboxylic acids is 1. The summed E-state index contributed by atoms with van der Waals surface area (Å²) in [6, 6.07) is 0.300. The second-order valence-corrected chi connectivity index (χ2v) is 5.96. The molecule has 2 N–H and O–H groups in total. The van der Waals surface area contributed by atoms with Crippen molar-refractivity contribution in [2.24, 2.45) is 11.8 Å². The minimum atomic E-state index is -0.825. The van der Waals surface area contributed by atoms with Crippen molar-refractivity contribution in [2.75, 3.05) is 20.1 Å². The summed E-state index contributed by atoms with van der Waals surface area (Å²) >= 11 is 0. The Balaban J connectivity index is 2.25. The molecule has 1 fully saturated rings. The van der Waals surface area contributed by atoms with E-state index < -0.39 is 11.9 Å². The van der Waals surface area contributed by atoms with Crippen molar-refractivity contribution in [2.45, 2.75) is 45.6 Å². The highest BCUT2D eigenvalue weighted by Gasteiger charge is 2.21. The topological polar surface area (TPSA) is 69.6 Å². The number of rotatable bonds is 6. The standard InChI is InChI=1S/C14H26N2O3/c1-10-4-6-12(7-5-10)15-13(17)9-16(3)8-11(2)14(18)19/h10-12H,4-9H2,1-3H3,(H,15,17)(H,18,19). The van der Waals surface area contributed by atoms with E-state index in [-0.39, 0.29) is 12.5 Å². The molecule has 1 aliphatic rings. The molecule has 0 aromatic carbocycles. The Labute approximate surface area is 115 Å². The summed E-state index contributed by atoms with van der Waals surface area (Å²) in [5, 5.41) is 11.9. The number of amides is 1. The molecule has 0 bridgehead atoms. The predicted octanol–water partition coefficient (Wildman–Crippen LogP) is 1.33. The van der Waals surface area contributed by atoms with Gasteiger partial charge in [-0.15, -0.1) is 0 Å². The second kappa shape index (κ2) is 7.48. The van der Waals surface area contributed by atoms with E-state index >= 15 is 0 Å². The van der Waals surface area contributed by atoms with Gasteiger partial charge < -0.3 is 10.4 Å². The molecule has 1 aliphatic carbocycles. The second-order valence-electron chi connectivity index (χ2n) is 5.96. The molecule has 5 nitrogen and oxygen atoms in total. The van der Waals surface area contributed by atoms with Gasteiger partial charge in [0.1, 0.15) is 0 Å². The lowest BCUT2D eigenvalue weighted by Gasteiger charge is -2.28. The molecule has 1 amide bonds. The van der Waals surface area contributed by atoms with Gasteiger partial charge in [-0.3, -0.25) is 14.5 Å².